The van der Waals surface area contributed by atoms with Gasteiger partial charge in [0.25, 0.3) is 5.91 Å². The number of nitrogens with one attached hydrogen (secondary N) is 1. The van der Waals surface area contributed by atoms with Gasteiger partial charge in [-0.2, -0.15) is 0 Å². The number of hydrogen-bond acceptors (Lipinski definition) is 2. The second kappa shape index (κ2) is 5.98. The lowest BCUT2D eigenvalue weighted by Crippen LogP contribution is -2.15. The molecule has 1 aromatic heterocycles. The van der Waals surface area contributed by atoms with Crippen LogP contribution in [0.15, 0.2) is 40.9 Å². The van der Waals surface area contributed by atoms with Crippen LogP contribution in [0.3, 0.4) is 0 Å². The summed E-state index contributed by atoms with van der Waals surface area (Å²) in [5, 5.41) is 2.81. The van der Waals surface area contributed by atoms with Gasteiger partial charge in [-0.3, -0.25) is 4.79 Å². The van der Waals surface area contributed by atoms with Crippen molar-refractivity contribution in [2.24, 2.45) is 0 Å². The average molecular weight is 347 g/mol. The van der Waals surface area contributed by atoms with Gasteiger partial charge in [0.15, 0.2) is 0 Å². The zero-order chi connectivity index (χ0) is 15.6. The molecule has 0 atom stereocenters. The topological polar surface area (TPSA) is 42.0 Å². The van der Waals surface area contributed by atoms with Gasteiger partial charge in [0.1, 0.15) is 5.82 Å². The molecule has 0 saturated carbocycles. The molecule has 0 aliphatic carbocycles. The van der Waals surface area contributed by atoms with Crippen molar-refractivity contribution in [2.45, 2.75) is 33.1 Å². The van der Waals surface area contributed by atoms with E-state index >= 15 is 0 Å². The molecule has 0 spiro atoms. The number of carbonyl (C=O) groups excluding carboxylic acids is 1. The zero-order valence-corrected chi connectivity index (χ0v) is 14.3. The minimum Gasteiger partial charge on any atom is -0.307 e. The van der Waals surface area contributed by atoms with E-state index in [9.17, 15) is 4.79 Å². The molecule has 2 rings (SSSR count). The Kier molecular flexibility index (Phi) is 4.47. The summed E-state index contributed by atoms with van der Waals surface area (Å²) >= 11 is 3.39. The van der Waals surface area contributed by atoms with E-state index < -0.39 is 0 Å². The predicted octanol–water partition coefficient (Wildman–Crippen LogP) is 4.70. The lowest BCUT2D eigenvalue weighted by atomic mass is 9.87. The average Bonchev–Trinajstić information content (AvgIpc) is 2.42. The first-order valence-corrected chi connectivity index (χ1v) is 7.62. The van der Waals surface area contributed by atoms with E-state index in [0.29, 0.717) is 11.4 Å². The van der Waals surface area contributed by atoms with E-state index in [1.165, 1.54) is 5.56 Å². The molecule has 0 unspecified atom stereocenters. The van der Waals surface area contributed by atoms with E-state index in [4.69, 9.17) is 0 Å². The molecule has 1 N–H and O–H groups in total. The van der Waals surface area contributed by atoms with Crippen LogP contribution in [0.1, 0.15) is 42.4 Å². The third-order valence-corrected chi connectivity index (χ3v) is 4.11. The minimum absolute atomic E-state index is 0.0827. The summed E-state index contributed by atoms with van der Waals surface area (Å²) in [6, 6.07) is 11.3. The summed E-state index contributed by atoms with van der Waals surface area (Å²) < 4.78 is 0.926. The number of pyridine rings is 1. The van der Waals surface area contributed by atoms with Gasteiger partial charge in [0.2, 0.25) is 0 Å². The van der Waals surface area contributed by atoms with Crippen molar-refractivity contribution in [3.63, 3.8) is 0 Å². The highest BCUT2D eigenvalue weighted by atomic mass is 79.9. The molecular formula is C17H19BrN2O. The molecule has 4 heteroatoms. The number of aryl methyl sites for hydroxylation is 1. The molecule has 21 heavy (non-hydrogen) atoms. The SMILES string of the molecule is Cc1nc(NC(=O)c2ccc(C(C)(C)C)cc2)ccc1Br. The summed E-state index contributed by atoms with van der Waals surface area (Å²) in [7, 11) is 0. The number of amides is 1. The van der Waals surface area contributed by atoms with E-state index in [-0.39, 0.29) is 11.3 Å². The Morgan fingerprint density at radius 2 is 1.71 bits per heavy atom. The molecule has 0 fully saturated rings. The fraction of sp³-hybridized carbons (Fsp3) is 0.294. The van der Waals surface area contributed by atoms with E-state index in [1.807, 2.05) is 37.3 Å². The molecule has 0 aliphatic heterocycles. The second-order valence-electron chi connectivity index (χ2n) is 6.05. The predicted molar refractivity (Wildman–Crippen MR) is 89.8 cm³/mol. The number of nitrogens with zero attached hydrogens (tertiary/aromatic N) is 1. The molecule has 2 aromatic rings. The van der Waals surface area contributed by atoms with Crippen LogP contribution in [0, 0.1) is 6.92 Å². The van der Waals surface area contributed by atoms with Gasteiger partial charge >= 0.3 is 0 Å². The van der Waals surface area contributed by atoms with E-state index in [2.05, 4.69) is 47.0 Å². The fourth-order valence-electron chi connectivity index (χ4n) is 1.92. The largest absolute Gasteiger partial charge is 0.307 e. The maximum Gasteiger partial charge on any atom is 0.256 e. The fourth-order valence-corrected chi connectivity index (χ4v) is 2.14. The summed E-state index contributed by atoms with van der Waals surface area (Å²) in [6.07, 6.45) is 0. The van der Waals surface area contributed by atoms with Crippen molar-refractivity contribution in [3.8, 4) is 0 Å². The molecule has 0 aliphatic rings. The van der Waals surface area contributed by atoms with Crippen LogP contribution in [0.25, 0.3) is 0 Å². The first kappa shape index (κ1) is 15.7. The summed E-state index contributed by atoms with van der Waals surface area (Å²) in [6.45, 7) is 8.33. The molecule has 0 saturated heterocycles. The van der Waals surface area contributed by atoms with E-state index in [1.54, 1.807) is 6.07 Å². The first-order valence-electron chi connectivity index (χ1n) is 6.82. The molecule has 1 aromatic carbocycles. The number of carbonyl (C=O) groups is 1. The molecule has 0 bridgehead atoms. The standard InChI is InChI=1S/C17H19BrN2O/c1-11-14(18)9-10-15(19-11)20-16(21)12-5-7-13(8-6-12)17(2,3)4/h5-10H,1-4H3,(H,19,20,21). The van der Waals surface area contributed by atoms with Gasteiger partial charge in [0.05, 0.1) is 5.69 Å². The van der Waals surface area contributed by atoms with Crippen LogP contribution in [0.4, 0.5) is 5.82 Å². The quantitative estimate of drug-likeness (QED) is 0.855. The van der Waals surface area contributed by atoms with Gasteiger partial charge in [-0.05, 0) is 58.1 Å². The number of hydrogen-bond donors (Lipinski definition) is 1. The maximum atomic E-state index is 12.2. The van der Waals surface area contributed by atoms with Gasteiger partial charge < -0.3 is 5.32 Å². The molecule has 0 radical (unpaired) electrons. The number of anilines is 1. The van der Waals surface area contributed by atoms with Crippen molar-refractivity contribution in [3.05, 3.63) is 57.7 Å². The lowest BCUT2D eigenvalue weighted by molar-refractivity contribution is 0.102. The Labute approximate surface area is 133 Å². The van der Waals surface area contributed by atoms with Crippen LogP contribution in [-0.4, -0.2) is 10.9 Å². The normalized spacial score (nSPS) is 11.3. The van der Waals surface area contributed by atoms with Crippen molar-refractivity contribution in [1.82, 2.24) is 4.98 Å². The van der Waals surface area contributed by atoms with Crippen molar-refractivity contribution in [1.29, 1.82) is 0 Å². The first-order chi connectivity index (χ1) is 9.77. The number of aromatic nitrogens is 1. The summed E-state index contributed by atoms with van der Waals surface area (Å²) in [5.41, 5.74) is 2.76. The highest BCUT2D eigenvalue weighted by molar-refractivity contribution is 9.10. The zero-order valence-electron chi connectivity index (χ0n) is 12.7. The highest BCUT2D eigenvalue weighted by Crippen LogP contribution is 2.22. The van der Waals surface area contributed by atoms with Gasteiger partial charge in [0, 0.05) is 10.0 Å². The van der Waals surface area contributed by atoms with Crippen LogP contribution in [-0.2, 0) is 5.41 Å². The summed E-state index contributed by atoms with van der Waals surface area (Å²) in [5.74, 6) is 0.408. The van der Waals surface area contributed by atoms with Gasteiger partial charge in [-0.25, -0.2) is 4.98 Å². The van der Waals surface area contributed by atoms with Crippen molar-refractivity contribution in [2.75, 3.05) is 5.32 Å². The molecular weight excluding hydrogens is 328 g/mol. The number of halogens is 1. The van der Waals surface area contributed by atoms with Gasteiger partial charge in [-0.15, -0.1) is 0 Å². The summed E-state index contributed by atoms with van der Waals surface area (Å²) in [4.78, 5) is 16.5. The van der Waals surface area contributed by atoms with Crippen molar-refractivity contribution >= 4 is 27.7 Å². The number of rotatable bonds is 2. The highest BCUT2D eigenvalue weighted by Gasteiger charge is 2.14. The molecule has 1 heterocycles. The molecule has 3 nitrogen and oxygen atoms in total. The van der Waals surface area contributed by atoms with Crippen LogP contribution in [0.2, 0.25) is 0 Å². The van der Waals surface area contributed by atoms with Crippen LogP contribution >= 0.6 is 15.9 Å². The monoisotopic (exact) mass is 346 g/mol. The Hall–Kier alpha value is -1.68. The molecule has 1 amide bonds. The Bertz CT molecular complexity index is 657. The smallest absolute Gasteiger partial charge is 0.256 e. The van der Waals surface area contributed by atoms with Crippen LogP contribution in [0.5, 0.6) is 0 Å². The van der Waals surface area contributed by atoms with Gasteiger partial charge in [-0.1, -0.05) is 32.9 Å². The maximum absolute atomic E-state index is 12.2. The third kappa shape index (κ3) is 3.91. The third-order valence-electron chi connectivity index (χ3n) is 3.28. The lowest BCUT2D eigenvalue weighted by Gasteiger charge is -2.19. The second-order valence-corrected chi connectivity index (χ2v) is 6.90. The Morgan fingerprint density at radius 3 is 2.24 bits per heavy atom. The minimum atomic E-state index is -0.148. The van der Waals surface area contributed by atoms with Crippen LogP contribution < -0.4 is 5.32 Å². The Balaban J connectivity index is 2.15. The number of benzene rings is 1. The molecule has 110 valence electrons. The van der Waals surface area contributed by atoms with E-state index in [0.717, 1.165) is 10.2 Å². The van der Waals surface area contributed by atoms with Crippen molar-refractivity contribution < 1.29 is 4.79 Å². The Morgan fingerprint density at radius 1 is 1.10 bits per heavy atom.